The van der Waals surface area contributed by atoms with Crippen LogP contribution < -0.4 is 5.32 Å². The molecule has 0 aliphatic carbocycles. The van der Waals surface area contributed by atoms with Crippen molar-refractivity contribution >= 4 is 11.9 Å². The van der Waals surface area contributed by atoms with Gasteiger partial charge in [-0.05, 0) is 43.4 Å². The predicted octanol–water partition coefficient (Wildman–Crippen LogP) is 1.92. The SMILES string of the molecule is CN=C(NCCCc1ccc(O)cc1)N1CCN(CC(=O)N2CCCCCC2)CC1. The summed E-state index contributed by atoms with van der Waals surface area (Å²) in [4.78, 5) is 23.7. The molecule has 0 spiro atoms. The molecule has 7 heteroatoms. The van der Waals surface area contributed by atoms with E-state index in [9.17, 15) is 9.90 Å². The molecule has 2 saturated heterocycles. The second-order valence-corrected chi connectivity index (χ2v) is 8.30. The van der Waals surface area contributed by atoms with Crippen molar-refractivity contribution in [2.45, 2.75) is 38.5 Å². The number of aliphatic imine (C=N–C) groups is 1. The van der Waals surface area contributed by atoms with Crippen LogP contribution in [0.4, 0.5) is 0 Å². The minimum atomic E-state index is 0.294. The van der Waals surface area contributed by atoms with Crippen LogP contribution in [0.5, 0.6) is 5.75 Å². The van der Waals surface area contributed by atoms with Gasteiger partial charge in [-0.3, -0.25) is 14.7 Å². The number of hydrogen-bond acceptors (Lipinski definition) is 4. The Hall–Kier alpha value is -2.28. The Morgan fingerprint density at radius 3 is 2.27 bits per heavy atom. The van der Waals surface area contributed by atoms with Gasteiger partial charge in [0.25, 0.3) is 0 Å². The fraction of sp³-hybridized carbons (Fsp3) is 0.652. The standard InChI is InChI=1S/C23H37N5O2/c1-24-23(25-12-6-7-20-8-10-21(29)11-9-20)28-17-15-26(16-18-28)19-22(30)27-13-4-2-3-5-14-27/h8-11,29H,2-7,12-19H2,1H3,(H,24,25). The molecule has 0 atom stereocenters. The average Bonchev–Trinajstić information content (AvgIpc) is 3.06. The molecule has 2 aliphatic heterocycles. The Bertz CT molecular complexity index is 675. The first-order valence-electron chi connectivity index (χ1n) is 11.4. The van der Waals surface area contributed by atoms with Gasteiger partial charge in [0.1, 0.15) is 5.75 Å². The summed E-state index contributed by atoms with van der Waals surface area (Å²) in [5.41, 5.74) is 1.23. The number of carbonyl (C=O) groups is 1. The molecule has 166 valence electrons. The Morgan fingerprint density at radius 1 is 0.967 bits per heavy atom. The lowest BCUT2D eigenvalue weighted by Gasteiger charge is -2.37. The second kappa shape index (κ2) is 11.8. The van der Waals surface area contributed by atoms with Gasteiger partial charge in [-0.1, -0.05) is 25.0 Å². The van der Waals surface area contributed by atoms with E-state index in [4.69, 9.17) is 0 Å². The molecule has 2 N–H and O–H groups in total. The Labute approximate surface area is 180 Å². The molecule has 3 rings (SSSR count). The number of guanidine groups is 1. The third-order valence-electron chi connectivity index (χ3n) is 6.06. The van der Waals surface area contributed by atoms with E-state index in [1.165, 1.54) is 18.4 Å². The minimum absolute atomic E-state index is 0.294. The average molecular weight is 416 g/mol. The van der Waals surface area contributed by atoms with Crippen LogP contribution in [0.3, 0.4) is 0 Å². The summed E-state index contributed by atoms with van der Waals surface area (Å²) < 4.78 is 0. The smallest absolute Gasteiger partial charge is 0.236 e. The normalized spacial score (nSPS) is 18.9. The van der Waals surface area contributed by atoms with Gasteiger partial charge in [0.15, 0.2) is 5.96 Å². The number of phenolic OH excluding ortho intramolecular Hbond substituents is 1. The quantitative estimate of drug-likeness (QED) is 0.422. The molecular weight excluding hydrogens is 378 g/mol. The molecule has 1 aromatic rings. The number of amides is 1. The van der Waals surface area contributed by atoms with Crippen LogP contribution in [-0.4, -0.2) is 91.1 Å². The number of rotatable bonds is 6. The Kier molecular flexibility index (Phi) is 8.81. The Morgan fingerprint density at radius 2 is 1.63 bits per heavy atom. The van der Waals surface area contributed by atoms with Gasteiger partial charge in [-0.2, -0.15) is 0 Å². The number of nitrogens with one attached hydrogen (secondary N) is 1. The maximum atomic E-state index is 12.6. The molecule has 2 heterocycles. The lowest BCUT2D eigenvalue weighted by molar-refractivity contribution is -0.132. The van der Waals surface area contributed by atoms with Gasteiger partial charge in [-0.15, -0.1) is 0 Å². The summed E-state index contributed by atoms with van der Waals surface area (Å²) in [6.45, 7) is 6.85. The largest absolute Gasteiger partial charge is 0.508 e. The van der Waals surface area contributed by atoms with Crippen LogP contribution in [0.1, 0.15) is 37.7 Å². The molecule has 0 radical (unpaired) electrons. The molecular formula is C23H37N5O2. The molecule has 1 amide bonds. The molecule has 0 aromatic heterocycles. The summed E-state index contributed by atoms with van der Waals surface area (Å²) >= 11 is 0. The zero-order chi connectivity index (χ0) is 21.2. The number of hydrogen-bond donors (Lipinski definition) is 2. The van der Waals surface area contributed by atoms with Gasteiger partial charge < -0.3 is 20.2 Å². The van der Waals surface area contributed by atoms with Crippen molar-refractivity contribution in [3.05, 3.63) is 29.8 Å². The zero-order valence-electron chi connectivity index (χ0n) is 18.4. The number of carbonyl (C=O) groups excluding carboxylic acids is 1. The van der Waals surface area contributed by atoms with Crippen molar-refractivity contribution in [1.82, 2.24) is 20.0 Å². The zero-order valence-corrected chi connectivity index (χ0v) is 18.4. The maximum Gasteiger partial charge on any atom is 0.236 e. The van der Waals surface area contributed by atoms with Crippen LogP contribution in [0.2, 0.25) is 0 Å². The van der Waals surface area contributed by atoms with Crippen molar-refractivity contribution in [2.75, 3.05) is 59.4 Å². The monoisotopic (exact) mass is 415 g/mol. The van der Waals surface area contributed by atoms with Gasteiger partial charge in [0, 0.05) is 52.9 Å². The van der Waals surface area contributed by atoms with E-state index in [1.54, 1.807) is 12.1 Å². The highest BCUT2D eigenvalue weighted by molar-refractivity contribution is 5.80. The van der Waals surface area contributed by atoms with E-state index >= 15 is 0 Å². The highest BCUT2D eigenvalue weighted by atomic mass is 16.3. The predicted molar refractivity (Wildman–Crippen MR) is 121 cm³/mol. The van der Waals surface area contributed by atoms with Crippen molar-refractivity contribution in [3.63, 3.8) is 0 Å². The minimum Gasteiger partial charge on any atom is -0.508 e. The summed E-state index contributed by atoms with van der Waals surface area (Å²) in [5, 5.41) is 12.8. The van der Waals surface area contributed by atoms with Gasteiger partial charge in [-0.25, -0.2) is 0 Å². The number of benzene rings is 1. The van der Waals surface area contributed by atoms with Crippen LogP contribution in [0.15, 0.2) is 29.3 Å². The van der Waals surface area contributed by atoms with E-state index < -0.39 is 0 Å². The van der Waals surface area contributed by atoms with Gasteiger partial charge >= 0.3 is 0 Å². The molecule has 2 aliphatic rings. The van der Waals surface area contributed by atoms with E-state index in [0.717, 1.165) is 77.5 Å². The van der Waals surface area contributed by atoms with E-state index in [0.29, 0.717) is 18.2 Å². The van der Waals surface area contributed by atoms with E-state index in [1.807, 2.05) is 19.2 Å². The fourth-order valence-corrected chi connectivity index (χ4v) is 4.22. The number of piperazine rings is 1. The van der Waals surface area contributed by atoms with Crippen molar-refractivity contribution in [1.29, 1.82) is 0 Å². The molecule has 7 nitrogen and oxygen atoms in total. The molecule has 0 saturated carbocycles. The van der Waals surface area contributed by atoms with Gasteiger partial charge in [0.05, 0.1) is 6.54 Å². The highest BCUT2D eigenvalue weighted by Crippen LogP contribution is 2.12. The van der Waals surface area contributed by atoms with Crippen LogP contribution >= 0.6 is 0 Å². The summed E-state index contributed by atoms with van der Waals surface area (Å²) in [7, 11) is 1.83. The van der Waals surface area contributed by atoms with Crippen LogP contribution in [0.25, 0.3) is 0 Å². The van der Waals surface area contributed by atoms with Crippen molar-refractivity contribution in [3.8, 4) is 5.75 Å². The second-order valence-electron chi connectivity index (χ2n) is 8.30. The number of aryl methyl sites for hydroxylation is 1. The first kappa shape index (κ1) is 22.4. The van der Waals surface area contributed by atoms with Gasteiger partial charge in [0.2, 0.25) is 5.91 Å². The van der Waals surface area contributed by atoms with E-state index in [2.05, 4.69) is 25.0 Å². The lowest BCUT2D eigenvalue weighted by Crippen LogP contribution is -2.54. The van der Waals surface area contributed by atoms with Crippen molar-refractivity contribution in [2.24, 2.45) is 4.99 Å². The number of nitrogens with zero attached hydrogens (tertiary/aromatic N) is 4. The van der Waals surface area contributed by atoms with Crippen LogP contribution in [0, 0.1) is 0 Å². The first-order chi connectivity index (χ1) is 14.7. The summed E-state index contributed by atoms with van der Waals surface area (Å²) in [5.74, 6) is 1.55. The van der Waals surface area contributed by atoms with E-state index in [-0.39, 0.29) is 0 Å². The number of phenols is 1. The van der Waals surface area contributed by atoms with Crippen molar-refractivity contribution < 1.29 is 9.90 Å². The lowest BCUT2D eigenvalue weighted by atomic mass is 10.1. The molecule has 30 heavy (non-hydrogen) atoms. The number of aromatic hydroxyl groups is 1. The Balaban J connectivity index is 1.35. The molecule has 0 bridgehead atoms. The van der Waals surface area contributed by atoms with Crippen LogP contribution in [-0.2, 0) is 11.2 Å². The first-order valence-corrected chi connectivity index (χ1v) is 11.4. The molecule has 2 fully saturated rings. The maximum absolute atomic E-state index is 12.6. The molecule has 1 aromatic carbocycles. The number of likely N-dealkylation sites (tertiary alicyclic amines) is 1. The highest BCUT2D eigenvalue weighted by Gasteiger charge is 2.23. The topological polar surface area (TPSA) is 71.4 Å². The summed E-state index contributed by atoms with van der Waals surface area (Å²) in [6, 6.07) is 7.41. The molecule has 0 unspecified atom stereocenters. The summed E-state index contributed by atoms with van der Waals surface area (Å²) in [6.07, 6.45) is 6.78. The third-order valence-corrected chi connectivity index (χ3v) is 6.06. The fourth-order valence-electron chi connectivity index (χ4n) is 4.22. The third kappa shape index (κ3) is 6.90.